The van der Waals surface area contributed by atoms with Crippen LogP contribution in [0.2, 0.25) is 0 Å². The molecule has 0 aliphatic rings. The molecule has 0 radical (unpaired) electrons. The Labute approximate surface area is 66.0 Å². The maximum Gasteiger partial charge on any atom is 0.377 e. The molecule has 2 N–H and O–H groups in total. The van der Waals surface area contributed by atoms with Crippen molar-refractivity contribution in [1.82, 2.24) is 0 Å². The van der Waals surface area contributed by atoms with Crippen LogP contribution in [0.4, 0.5) is 0 Å². The van der Waals surface area contributed by atoms with Gasteiger partial charge in [-0.3, -0.25) is 9.59 Å². The van der Waals surface area contributed by atoms with Gasteiger partial charge >= 0.3 is 6.80 Å². The highest BCUT2D eigenvalue weighted by Gasteiger charge is 2.32. The summed E-state index contributed by atoms with van der Waals surface area (Å²) in [6, 6.07) is 0. The summed E-state index contributed by atoms with van der Waals surface area (Å²) in [5.74, 6) is 0. The van der Waals surface area contributed by atoms with Crippen LogP contribution in [0.25, 0.3) is 0 Å². The summed E-state index contributed by atoms with van der Waals surface area (Å²) >= 11 is 0. The number of hydrogen-bond acceptors (Lipinski definition) is 3. The zero-order valence-corrected chi connectivity index (χ0v) is 7.80. The third-order valence-corrected chi connectivity index (χ3v) is 5.82. The second-order valence-electron chi connectivity index (χ2n) is 1.86. The van der Waals surface area contributed by atoms with E-state index >= 15 is 0 Å². The van der Waals surface area contributed by atoms with Crippen molar-refractivity contribution in [2.75, 3.05) is 0 Å². The van der Waals surface area contributed by atoms with E-state index in [1.807, 2.05) is 0 Å². The van der Waals surface area contributed by atoms with E-state index in [0.717, 1.165) is 13.8 Å². The van der Waals surface area contributed by atoms with Crippen molar-refractivity contribution in [2.24, 2.45) is 0 Å². The van der Waals surface area contributed by atoms with E-state index in [-0.39, 0.29) is 0 Å². The predicted molar refractivity (Wildman–Crippen MR) is 42.4 cm³/mol. The van der Waals surface area contributed by atoms with Crippen molar-refractivity contribution in [3.05, 3.63) is 0 Å². The Morgan fingerprint density at radius 3 is 1.45 bits per heavy atom. The van der Waals surface area contributed by atoms with Gasteiger partial charge in [-0.05, 0) is 10.5 Å². The molecular formula is C4H9O5PS. The first-order valence-electron chi connectivity index (χ1n) is 2.64. The molecule has 0 amide bonds. The van der Waals surface area contributed by atoms with Gasteiger partial charge in [0, 0.05) is 13.8 Å². The van der Waals surface area contributed by atoms with Crippen LogP contribution in [0.5, 0.6) is 0 Å². The van der Waals surface area contributed by atoms with Gasteiger partial charge in [0.05, 0.1) is 0 Å². The molecule has 0 aliphatic heterocycles. The summed E-state index contributed by atoms with van der Waals surface area (Å²) in [6.07, 6.45) is 0. The lowest BCUT2D eigenvalue weighted by Crippen LogP contribution is -2.02. The molecule has 0 unspecified atom stereocenters. The molecule has 0 aliphatic carbocycles. The third-order valence-electron chi connectivity index (χ3n) is 0.857. The second-order valence-corrected chi connectivity index (χ2v) is 7.54. The van der Waals surface area contributed by atoms with Crippen LogP contribution in [-0.4, -0.2) is 20.0 Å². The largest absolute Gasteiger partial charge is 0.377 e. The van der Waals surface area contributed by atoms with Crippen LogP contribution < -0.4 is 0 Å². The first kappa shape index (κ1) is 10.8. The summed E-state index contributed by atoms with van der Waals surface area (Å²) in [7, 11) is -2.43. The standard InChI is InChI=1S/C4H9O5PS/c1-3(5)11(4(2)6)10(7,8)9/h11H,1-2H3,(H2,7,8,9). The Bertz CT molecular complexity index is 217. The Kier molecular flexibility index (Phi) is 3.44. The summed E-state index contributed by atoms with van der Waals surface area (Å²) in [5, 5.41) is -1.47. The van der Waals surface area contributed by atoms with Crippen LogP contribution in [0.1, 0.15) is 13.8 Å². The van der Waals surface area contributed by atoms with E-state index in [1.165, 1.54) is 0 Å². The summed E-state index contributed by atoms with van der Waals surface area (Å²) in [5.41, 5.74) is 0. The molecule has 0 bridgehead atoms. The van der Waals surface area contributed by atoms with Crippen molar-refractivity contribution in [2.45, 2.75) is 13.8 Å². The number of rotatable bonds is 1. The minimum atomic E-state index is -4.52. The maximum atomic E-state index is 10.5. The molecule has 0 heterocycles. The van der Waals surface area contributed by atoms with Crippen LogP contribution in [0.3, 0.4) is 0 Å². The van der Waals surface area contributed by atoms with E-state index in [2.05, 4.69) is 0 Å². The lowest BCUT2D eigenvalue weighted by Gasteiger charge is -2.14. The molecule has 0 saturated heterocycles. The lowest BCUT2D eigenvalue weighted by atomic mass is 10.9. The molecule has 0 aromatic carbocycles. The molecule has 0 saturated carbocycles. The smallest absolute Gasteiger partial charge is 0.317 e. The van der Waals surface area contributed by atoms with Crippen LogP contribution in [0.15, 0.2) is 0 Å². The number of hydrogen-bond donors (Lipinski definition) is 3. The van der Waals surface area contributed by atoms with E-state index in [9.17, 15) is 14.2 Å². The molecule has 66 valence electrons. The second kappa shape index (κ2) is 3.49. The van der Waals surface area contributed by atoms with Crippen molar-refractivity contribution >= 4 is 27.5 Å². The highest BCUT2D eigenvalue weighted by Crippen LogP contribution is 2.63. The molecular weight excluding hydrogens is 191 g/mol. The average Bonchev–Trinajstić information content (AvgIpc) is 1.54. The van der Waals surface area contributed by atoms with Gasteiger partial charge in [-0.25, -0.2) is 4.57 Å². The van der Waals surface area contributed by atoms with Gasteiger partial charge in [0.1, 0.15) is 0 Å². The van der Waals surface area contributed by atoms with E-state index < -0.39 is 27.5 Å². The first-order chi connectivity index (χ1) is 4.76. The fourth-order valence-corrected chi connectivity index (χ4v) is 3.97. The minimum absolute atomic E-state index is 0.735. The molecule has 0 aromatic rings. The summed E-state index contributed by atoms with van der Waals surface area (Å²) in [6.45, 7) is -2.51. The van der Waals surface area contributed by atoms with Crippen LogP contribution in [-0.2, 0) is 14.2 Å². The lowest BCUT2D eigenvalue weighted by molar-refractivity contribution is -0.111. The molecule has 0 rings (SSSR count). The normalized spacial score (nSPS) is 12.5. The van der Waals surface area contributed by atoms with Gasteiger partial charge in [0.2, 0.25) is 0 Å². The van der Waals surface area contributed by atoms with Crippen molar-refractivity contribution in [1.29, 1.82) is 0 Å². The molecule has 0 spiro atoms. The van der Waals surface area contributed by atoms with Gasteiger partial charge in [0.25, 0.3) is 0 Å². The Balaban J connectivity index is 4.78. The SMILES string of the molecule is CC(=O)[SH](C(C)=O)P(=O)(O)O. The van der Waals surface area contributed by atoms with E-state index in [4.69, 9.17) is 9.79 Å². The van der Waals surface area contributed by atoms with Gasteiger partial charge in [-0.15, -0.1) is 0 Å². The highest BCUT2D eigenvalue weighted by atomic mass is 32.8. The Morgan fingerprint density at radius 2 is 1.45 bits per heavy atom. The number of thiol groups is 1. The average molecular weight is 200 g/mol. The number of carbonyl (C=O) groups excluding carboxylic acids is 2. The molecule has 11 heavy (non-hydrogen) atoms. The van der Waals surface area contributed by atoms with Gasteiger partial charge in [-0.2, -0.15) is 0 Å². The quantitative estimate of drug-likeness (QED) is 0.414. The van der Waals surface area contributed by atoms with E-state index in [0.29, 0.717) is 0 Å². The van der Waals surface area contributed by atoms with Crippen LogP contribution >= 0.6 is 17.3 Å². The molecule has 0 aromatic heterocycles. The maximum absolute atomic E-state index is 10.5. The van der Waals surface area contributed by atoms with Gasteiger partial charge in [-0.1, -0.05) is 0 Å². The first-order valence-corrected chi connectivity index (χ1v) is 6.30. The third kappa shape index (κ3) is 3.16. The molecule has 0 fully saturated rings. The highest BCUT2D eigenvalue weighted by molar-refractivity contribution is 8.79. The van der Waals surface area contributed by atoms with E-state index in [1.54, 1.807) is 0 Å². The summed E-state index contributed by atoms with van der Waals surface area (Å²) in [4.78, 5) is 38.1. The van der Waals surface area contributed by atoms with Crippen LogP contribution in [0, 0.1) is 0 Å². The predicted octanol–water partition coefficient (Wildman–Crippen LogP) is 0.173. The Morgan fingerprint density at radius 1 is 1.18 bits per heavy atom. The van der Waals surface area contributed by atoms with Crippen molar-refractivity contribution < 1.29 is 23.9 Å². The monoisotopic (exact) mass is 200 g/mol. The number of carbonyl (C=O) groups is 2. The van der Waals surface area contributed by atoms with Gasteiger partial charge < -0.3 is 9.79 Å². The Hall–Kier alpha value is -0.160. The van der Waals surface area contributed by atoms with Crippen molar-refractivity contribution in [3.8, 4) is 0 Å². The summed E-state index contributed by atoms with van der Waals surface area (Å²) < 4.78 is 10.5. The molecule has 7 heteroatoms. The van der Waals surface area contributed by atoms with Crippen molar-refractivity contribution in [3.63, 3.8) is 0 Å². The topological polar surface area (TPSA) is 91.7 Å². The molecule has 0 atom stereocenters. The molecule has 5 nitrogen and oxygen atoms in total. The van der Waals surface area contributed by atoms with Gasteiger partial charge in [0.15, 0.2) is 10.2 Å². The zero-order chi connectivity index (χ0) is 9.23. The fourth-order valence-electron chi connectivity index (χ4n) is 0.589. The fraction of sp³-hybridized carbons (Fsp3) is 0.500. The zero-order valence-electron chi connectivity index (χ0n) is 6.01. The minimum Gasteiger partial charge on any atom is -0.317 e.